The molecule has 0 radical (unpaired) electrons. The van der Waals surface area contributed by atoms with Gasteiger partial charge in [0.25, 0.3) is 0 Å². The number of nitrogens with two attached hydrogens (primary N) is 1. The van der Waals surface area contributed by atoms with E-state index in [1.165, 1.54) is 16.7 Å². The molecule has 0 saturated heterocycles. The minimum absolute atomic E-state index is 0.263. The molecule has 1 aromatic carbocycles. The molecule has 1 atom stereocenters. The number of nitrogens with one attached hydrogen (secondary N) is 1. The molecular weight excluding hydrogens is 274 g/mol. The number of benzene rings is 1. The van der Waals surface area contributed by atoms with E-state index in [4.69, 9.17) is 5.73 Å². The molecule has 0 aliphatic rings. The van der Waals surface area contributed by atoms with Crippen molar-refractivity contribution in [2.75, 3.05) is 11.1 Å². The van der Waals surface area contributed by atoms with Gasteiger partial charge in [-0.1, -0.05) is 36.2 Å². The van der Waals surface area contributed by atoms with Gasteiger partial charge < -0.3 is 11.1 Å². The van der Waals surface area contributed by atoms with Crippen molar-refractivity contribution >= 4 is 11.9 Å². The molecule has 118 valence electrons. The molecule has 0 amide bonds. The van der Waals surface area contributed by atoms with Crippen LogP contribution >= 0.6 is 0 Å². The van der Waals surface area contributed by atoms with Gasteiger partial charge in [0.05, 0.1) is 0 Å². The summed E-state index contributed by atoms with van der Waals surface area (Å²) in [5.41, 5.74) is 9.68. The fraction of sp³-hybridized carbons (Fsp3) is 0.471. The summed E-state index contributed by atoms with van der Waals surface area (Å²) in [4.78, 5) is 12.4. The first-order valence-electron chi connectivity index (χ1n) is 7.78. The number of hydrogen-bond acceptors (Lipinski definition) is 5. The molecule has 1 aromatic heterocycles. The maximum absolute atomic E-state index is 5.67. The molecule has 2 rings (SSSR count). The van der Waals surface area contributed by atoms with Crippen LogP contribution in [-0.2, 0) is 6.42 Å². The smallest absolute Gasteiger partial charge is 0.227 e. The fourth-order valence-corrected chi connectivity index (χ4v) is 2.68. The molecule has 0 fully saturated rings. The summed E-state index contributed by atoms with van der Waals surface area (Å²) in [6.07, 6.45) is 3.08. The highest BCUT2D eigenvalue weighted by molar-refractivity contribution is 5.32. The van der Waals surface area contributed by atoms with Crippen molar-refractivity contribution in [3.05, 3.63) is 40.7 Å². The van der Waals surface area contributed by atoms with Gasteiger partial charge in [0, 0.05) is 6.04 Å². The van der Waals surface area contributed by atoms with Crippen LogP contribution in [0.15, 0.2) is 18.2 Å². The number of aryl methyl sites for hydroxylation is 4. The van der Waals surface area contributed by atoms with Crippen LogP contribution in [0.5, 0.6) is 0 Å². The van der Waals surface area contributed by atoms with Crippen LogP contribution in [0, 0.1) is 20.8 Å². The van der Waals surface area contributed by atoms with Crippen molar-refractivity contribution in [1.29, 1.82) is 0 Å². The highest BCUT2D eigenvalue weighted by Gasteiger charge is 2.10. The van der Waals surface area contributed by atoms with Gasteiger partial charge >= 0.3 is 0 Å². The standard InChI is InChI=1S/C17H25N5/c1-5-15(21-17-20-13(4)19-16(18)22-17)7-6-14-9-11(2)8-12(3)10-14/h8-10,15H,5-7H2,1-4H3,(H3,18,19,20,21,22). The molecule has 0 aliphatic carbocycles. The van der Waals surface area contributed by atoms with Crippen molar-refractivity contribution in [3.8, 4) is 0 Å². The van der Waals surface area contributed by atoms with Crippen molar-refractivity contribution in [1.82, 2.24) is 15.0 Å². The Labute approximate surface area is 132 Å². The predicted molar refractivity (Wildman–Crippen MR) is 90.9 cm³/mol. The summed E-state index contributed by atoms with van der Waals surface area (Å²) in [5.74, 6) is 1.47. The first-order chi connectivity index (χ1) is 10.5. The lowest BCUT2D eigenvalue weighted by atomic mass is 10.00. The zero-order valence-electron chi connectivity index (χ0n) is 13.8. The van der Waals surface area contributed by atoms with Crippen molar-refractivity contribution in [2.45, 2.75) is 53.0 Å². The first kappa shape index (κ1) is 16.2. The Morgan fingerprint density at radius 2 is 1.73 bits per heavy atom. The summed E-state index contributed by atoms with van der Waals surface area (Å²) < 4.78 is 0. The second-order valence-corrected chi connectivity index (χ2v) is 5.85. The minimum atomic E-state index is 0.263. The maximum Gasteiger partial charge on any atom is 0.227 e. The lowest BCUT2D eigenvalue weighted by Crippen LogP contribution is -2.21. The van der Waals surface area contributed by atoms with Gasteiger partial charge in [-0.3, -0.25) is 0 Å². The van der Waals surface area contributed by atoms with E-state index in [1.807, 2.05) is 6.92 Å². The van der Waals surface area contributed by atoms with Crippen LogP contribution in [0.2, 0.25) is 0 Å². The van der Waals surface area contributed by atoms with Crippen molar-refractivity contribution < 1.29 is 0 Å². The third-order valence-corrected chi connectivity index (χ3v) is 3.65. The second kappa shape index (κ2) is 7.20. The second-order valence-electron chi connectivity index (χ2n) is 5.85. The van der Waals surface area contributed by atoms with E-state index in [2.05, 4.69) is 59.2 Å². The SMILES string of the molecule is CCC(CCc1cc(C)cc(C)c1)Nc1nc(C)nc(N)n1. The summed E-state index contributed by atoms with van der Waals surface area (Å²) >= 11 is 0. The Bertz CT molecular complexity index is 598. The van der Waals surface area contributed by atoms with Gasteiger partial charge in [-0.2, -0.15) is 15.0 Å². The van der Waals surface area contributed by atoms with Crippen LogP contribution in [0.1, 0.15) is 42.3 Å². The largest absolute Gasteiger partial charge is 0.368 e. The Morgan fingerprint density at radius 1 is 1.05 bits per heavy atom. The Hall–Kier alpha value is -2.17. The van der Waals surface area contributed by atoms with E-state index >= 15 is 0 Å². The van der Waals surface area contributed by atoms with Crippen LogP contribution in [-0.4, -0.2) is 21.0 Å². The fourth-order valence-electron chi connectivity index (χ4n) is 2.68. The molecular formula is C17H25N5. The molecule has 1 unspecified atom stereocenters. The molecule has 2 aromatic rings. The predicted octanol–water partition coefficient (Wildman–Crippen LogP) is 3.20. The summed E-state index contributed by atoms with van der Waals surface area (Å²) in [7, 11) is 0. The van der Waals surface area contributed by atoms with Gasteiger partial charge in [-0.05, 0) is 45.6 Å². The van der Waals surface area contributed by atoms with Gasteiger partial charge in [-0.15, -0.1) is 0 Å². The number of hydrogen-bond donors (Lipinski definition) is 2. The van der Waals surface area contributed by atoms with Gasteiger partial charge in [0.1, 0.15) is 5.82 Å². The van der Waals surface area contributed by atoms with Crippen LogP contribution in [0.25, 0.3) is 0 Å². The number of nitrogens with zero attached hydrogens (tertiary/aromatic N) is 3. The van der Waals surface area contributed by atoms with Crippen molar-refractivity contribution in [3.63, 3.8) is 0 Å². The Morgan fingerprint density at radius 3 is 2.32 bits per heavy atom. The molecule has 0 spiro atoms. The molecule has 5 nitrogen and oxygen atoms in total. The molecule has 0 aliphatic heterocycles. The third-order valence-electron chi connectivity index (χ3n) is 3.65. The zero-order chi connectivity index (χ0) is 16.1. The average Bonchev–Trinajstić information content (AvgIpc) is 2.41. The highest BCUT2D eigenvalue weighted by Crippen LogP contribution is 2.15. The van der Waals surface area contributed by atoms with E-state index in [0.29, 0.717) is 17.8 Å². The minimum Gasteiger partial charge on any atom is -0.368 e. The number of rotatable bonds is 6. The van der Waals surface area contributed by atoms with Crippen LogP contribution in [0.4, 0.5) is 11.9 Å². The third kappa shape index (κ3) is 4.69. The van der Waals surface area contributed by atoms with E-state index < -0.39 is 0 Å². The Balaban J connectivity index is 2.00. The van der Waals surface area contributed by atoms with E-state index in [-0.39, 0.29) is 5.95 Å². The van der Waals surface area contributed by atoms with Crippen LogP contribution in [0.3, 0.4) is 0 Å². The quantitative estimate of drug-likeness (QED) is 0.856. The molecule has 1 heterocycles. The summed E-state index contributed by atoms with van der Waals surface area (Å²) in [5, 5.41) is 3.37. The Kier molecular flexibility index (Phi) is 5.31. The van der Waals surface area contributed by atoms with Gasteiger partial charge in [0.15, 0.2) is 0 Å². The molecule has 3 N–H and O–H groups in total. The molecule has 5 heteroatoms. The van der Waals surface area contributed by atoms with Crippen LogP contribution < -0.4 is 11.1 Å². The highest BCUT2D eigenvalue weighted by atomic mass is 15.2. The summed E-state index contributed by atoms with van der Waals surface area (Å²) in [6, 6.07) is 7.03. The first-order valence-corrected chi connectivity index (χ1v) is 7.78. The lowest BCUT2D eigenvalue weighted by molar-refractivity contribution is 0.626. The monoisotopic (exact) mass is 299 g/mol. The van der Waals surface area contributed by atoms with Gasteiger partial charge in [0.2, 0.25) is 11.9 Å². The summed E-state index contributed by atoms with van der Waals surface area (Å²) in [6.45, 7) is 8.26. The van der Waals surface area contributed by atoms with E-state index in [0.717, 1.165) is 19.3 Å². The topological polar surface area (TPSA) is 76.7 Å². The van der Waals surface area contributed by atoms with E-state index in [9.17, 15) is 0 Å². The normalized spacial score (nSPS) is 12.2. The average molecular weight is 299 g/mol. The molecule has 0 saturated carbocycles. The number of aromatic nitrogens is 3. The van der Waals surface area contributed by atoms with Crippen molar-refractivity contribution in [2.24, 2.45) is 0 Å². The van der Waals surface area contributed by atoms with E-state index in [1.54, 1.807) is 0 Å². The number of anilines is 2. The lowest BCUT2D eigenvalue weighted by Gasteiger charge is -2.17. The molecule has 0 bridgehead atoms. The number of nitrogen functional groups attached to an aromatic ring is 1. The zero-order valence-corrected chi connectivity index (χ0v) is 13.8. The van der Waals surface area contributed by atoms with Gasteiger partial charge in [-0.25, -0.2) is 0 Å². The maximum atomic E-state index is 5.67. The molecule has 22 heavy (non-hydrogen) atoms.